The highest BCUT2D eigenvalue weighted by Gasteiger charge is 2.29. The lowest BCUT2D eigenvalue weighted by atomic mass is 10.0. The molecule has 0 atom stereocenters. The molecule has 0 spiro atoms. The molecular weight excluding hydrogens is 296 g/mol. The first kappa shape index (κ1) is 18.6. The van der Waals surface area contributed by atoms with Crippen LogP contribution in [0.3, 0.4) is 0 Å². The number of amides is 4. The van der Waals surface area contributed by atoms with Crippen LogP contribution in [0.4, 0.5) is 4.79 Å². The van der Waals surface area contributed by atoms with Crippen molar-refractivity contribution < 1.29 is 14.4 Å². The Morgan fingerprint density at radius 1 is 1.09 bits per heavy atom. The summed E-state index contributed by atoms with van der Waals surface area (Å²) in [5.41, 5.74) is 0.0485. The summed E-state index contributed by atoms with van der Waals surface area (Å²) in [6.45, 7) is 3.56. The number of likely N-dealkylation sites (N-methyl/N-ethyl adjacent to an activating group) is 1. The summed E-state index contributed by atoms with van der Waals surface area (Å²) in [5.74, 6) is -0.658. The van der Waals surface area contributed by atoms with Gasteiger partial charge < -0.3 is 10.2 Å². The minimum absolute atomic E-state index is 0.134. The molecule has 0 radical (unpaired) electrons. The molecule has 0 saturated carbocycles. The molecule has 0 aliphatic rings. The van der Waals surface area contributed by atoms with Gasteiger partial charge in [-0.3, -0.25) is 20.2 Å². The Kier molecular flexibility index (Phi) is 6.71. The van der Waals surface area contributed by atoms with Gasteiger partial charge in [-0.15, -0.1) is 0 Å². The molecule has 0 aliphatic carbocycles. The Morgan fingerprint density at radius 2 is 1.70 bits per heavy atom. The maximum Gasteiger partial charge on any atom is 0.321 e. The zero-order valence-corrected chi connectivity index (χ0v) is 14.0. The topological polar surface area (TPSA) is 90.5 Å². The fourth-order valence-electron chi connectivity index (χ4n) is 1.93. The highest BCUT2D eigenvalue weighted by Crippen LogP contribution is 2.04. The van der Waals surface area contributed by atoms with E-state index < -0.39 is 17.5 Å². The maximum absolute atomic E-state index is 11.9. The van der Waals surface area contributed by atoms with E-state index in [-0.39, 0.29) is 12.5 Å². The van der Waals surface area contributed by atoms with Crippen molar-refractivity contribution in [3.05, 3.63) is 35.9 Å². The number of carbonyl (C=O) groups excluding carboxylic acids is 3. The van der Waals surface area contributed by atoms with Crippen molar-refractivity contribution in [3.63, 3.8) is 0 Å². The second-order valence-electron chi connectivity index (χ2n) is 5.89. The quantitative estimate of drug-likeness (QED) is 0.710. The first-order valence-corrected chi connectivity index (χ1v) is 7.31. The monoisotopic (exact) mass is 320 g/mol. The molecule has 0 unspecified atom stereocenters. The molecule has 0 aliphatic heterocycles. The summed E-state index contributed by atoms with van der Waals surface area (Å²) >= 11 is 0. The van der Waals surface area contributed by atoms with Crippen molar-refractivity contribution in [3.8, 4) is 0 Å². The lowest BCUT2D eigenvalue weighted by molar-refractivity contribution is -0.134. The van der Waals surface area contributed by atoms with Crippen LogP contribution in [0, 0.1) is 0 Å². The lowest BCUT2D eigenvalue weighted by Gasteiger charge is -2.27. The third-order valence-corrected chi connectivity index (χ3v) is 3.18. The molecule has 1 aromatic rings. The normalized spacial score (nSPS) is 10.8. The molecule has 0 aromatic heterocycles. The van der Waals surface area contributed by atoms with Crippen molar-refractivity contribution in [1.29, 1.82) is 0 Å². The number of urea groups is 1. The number of carbonyl (C=O) groups is 3. The predicted octanol–water partition coefficient (Wildman–Crippen LogP) is 0.469. The summed E-state index contributed by atoms with van der Waals surface area (Å²) in [5, 5.41) is 7.64. The van der Waals surface area contributed by atoms with Crippen LogP contribution in [0.1, 0.15) is 19.4 Å². The molecule has 4 amide bonds. The van der Waals surface area contributed by atoms with E-state index in [0.717, 1.165) is 5.56 Å². The maximum atomic E-state index is 11.9. The molecule has 0 bridgehead atoms. The van der Waals surface area contributed by atoms with Crippen LogP contribution < -0.4 is 16.0 Å². The van der Waals surface area contributed by atoms with Crippen LogP contribution >= 0.6 is 0 Å². The standard InChI is InChI=1S/C16H24N4O3/c1-16(2,14(22)20(3)4)18-11-13(21)19-15(23)17-10-12-8-6-5-7-9-12/h5-9,18H,10-11H2,1-4H3,(H2,17,19,21,23). The summed E-state index contributed by atoms with van der Waals surface area (Å²) in [6.07, 6.45) is 0. The summed E-state index contributed by atoms with van der Waals surface area (Å²) in [6, 6.07) is 8.80. The van der Waals surface area contributed by atoms with Crippen molar-refractivity contribution in [2.45, 2.75) is 25.9 Å². The fraction of sp³-hybridized carbons (Fsp3) is 0.438. The Labute approximate surface area is 136 Å². The second kappa shape index (κ2) is 8.28. The van der Waals surface area contributed by atoms with Gasteiger partial charge in [-0.25, -0.2) is 4.79 Å². The highest BCUT2D eigenvalue weighted by molar-refractivity contribution is 5.95. The van der Waals surface area contributed by atoms with Gasteiger partial charge in [-0.1, -0.05) is 30.3 Å². The zero-order chi connectivity index (χ0) is 17.5. The Morgan fingerprint density at radius 3 is 2.26 bits per heavy atom. The van der Waals surface area contributed by atoms with Crippen molar-refractivity contribution in [1.82, 2.24) is 20.9 Å². The Hall–Kier alpha value is -2.41. The second-order valence-corrected chi connectivity index (χ2v) is 5.89. The van der Waals surface area contributed by atoms with Gasteiger partial charge in [0.15, 0.2) is 0 Å². The van der Waals surface area contributed by atoms with Gasteiger partial charge in [0.2, 0.25) is 11.8 Å². The fourth-order valence-corrected chi connectivity index (χ4v) is 1.93. The summed E-state index contributed by atoms with van der Waals surface area (Å²) in [4.78, 5) is 36.7. The molecule has 7 nitrogen and oxygen atoms in total. The van der Waals surface area contributed by atoms with Crippen LogP contribution in [-0.4, -0.2) is 48.9 Å². The summed E-state index contributed by atoms with van der Waals surface area (Å²) < 4.78 is 0. The van der Waals surface area contributed by atoms with Crippen molar-refractivity contribution in [2.24, 2.45) is 0 Å². The van der Waals surface area contributed by atoms with E-state index in [2.05, 4.69) is 16.0 Å². The van der Waals surface area contributed by atoms with Gasteiger partial charge in [-0.05, 0) is 19.4 Å². The van der Waals surface area contributed by atoms with Crippen molar-refractivity contribution >= 4 is 17.8 Å². The molecule has 1 rings (SSSR count). The molecule has 7 heteroatoms. The van der Waals surface area contributed by atoms with E-state index in [0.29, 0.717) is 6.54 Å². The first-order valence-electron chi connectivity index (χ1n) is 7.31. The number of nitrogens with zero attached hydrogens (tertiary/aromatic N) is 1. The number of nitrogens with one attached hydrogen (secondary N) is 3. The lowest BCUT2D eigenvalue weighted by Crippen LogP contribution is -2.55. The van der Waals surface area contributed by atoms with E-state index in [4.69, 9.17) is 0 Å². The van der Waals surface area contributed by atoms with Crippen LogP contribution in [0.15, 0.2) is 30.3 Å². The van der Waals surface area contributed by atoms with Crippen LogP contribution in [0.25, 0.3) is 0 Å². The average Bonchev–Trinajstić information content (AvgIpc) is 2.51. The number of hydrogen-bond acceptors (Lipinski definition) is 4. The van der Waals surface area contributed by atoms with E-state index in [9.17, 15) is 14.4 Å². The number of rotatable bonds is 6. The number of hydrogen-bond donors (Lipinski definition) is 3. The minimum atomic E-state index is -0.888. The molecule has 0 fully saturated rings. The molecule has 126 valence electrons. The van der Waals surface area contributed by atoms with Gasteiger partial charge in [-0.2, -0.15) is 0 Å². The third kappa shape index (κ3) is 6.48. The minimum Gasteiger partial charge on any atom is -0.347 e. The smallest absolute Gasteiger partial charge is 0.321 e. The van der Waals surface area contributed by atoms with Crippen molar-refractivity contribution in [2.75, 3.05) is 20.6 Å². The van der Waals surface area contributed by atoms with Gasteiger partial charge in [0.1, 0.15) is 0 Å². The van der Waals surface area contributed by atoms with Gasteiger partial charge in [0.05, 0.1) is 12.1 Å². The van der Waals surface area contributed by atoms with Crippen LogP contribution in [0.5, 0.6) is 0 Å². The first-order chi connectivity index (χ1) is 10.7. The molecule has 3 N–H and O–H groups in total. The van der Waals surface area contributed by atoms with E-state index in [1.165, 1.54) is 4.90 Å². The average molecular weight is 320 g/mol. The Balaban J connectivity index is 2.36. The molecule has 0 heterocycles. The number of imide groups is 1. The van der Waals surface area contributed by atoms with Gasteiger partial charge in [0, 0.05) is 20.6 Å². The van der Waals surface area contributed by atoms with E-state index in [1.54, 1.807) is 27.9 Å². The third-order valence-electron chi connectivity index (χ3n) is 3.18. The van der Waals surface area contributed by atoms with Crippen LogP contribution in [-0.2, 0) is 16.1 Å². The zero-order valence-electron chi connectivity index (χ0n) is 14.0. The summed E-state index contributed by atoms with van der Waals surface area (Å²) in [7, 11) is 3.28. The predicted molar refractivity (Wildman–Crippen MR) is 87.6 cm³/mol. The number of benzene rings is 1. The molecule has 1 aromatic carbocycles. The molecule has 23 heavy (non-hydrogen) atoms. The SMILES string of the molecule is CN(C)C(=O)C(C)(C)NCC(=O)NC(=O)NCc1ccccc1. The van der Waals surface area contributed by atoms with Gasteiger partial charge >= 0.3 is 6.03 Å². The highest BCUT2D eigenvalue weighted by atomic mass is 16.2. The van der Waals surface area contributed by atoms with Gasteiger partial charge in [0.25, 0.3) is 0 Å². The Bertz CT molecular complexity index is 556. The van der Waals surface area contributed by atoms with Crippen LogP contribution in [0.2, 0.25) is 0 Å². The molecular formula is C16H24N4O3. The molecule has 0 saturated heterocycles. The van der Waals surface area contributed by atoms with E-state index in [1.807, 2.05) is 30.3 Å². The largest absolute Gasteiger partial charge is 0.347 e. The van der Waals surface area contributed by atoms with E-state index >= 15 is 0 Å².